The van der Waals surface area contributed by atoms with Gasteiger partial charge in [-0.25, -0.2) is 15.0 Å². The van der Waals surface area contributed by atoms with Gasteiger partial charge in [-0.15, -0.1) is 0 Å². The smallest absolute Gasteiger partial charge is 0.210 e. The van der Waals surface area contributed by atoms with Crippen molar-refractivity contribution in [2.24, 2.45) is 10.7 Å². The number of benzene rings is 2. The topological polar surface area (TPSA) is 110 Å². The summed E-state index contributed by atoms with van der Waals surface area (Å²) in [7, 11) is 1.66. The number of hydrogen-bond donors (Lipinski definition) is 3. The van der Waals surface area contributed by atoms with E-state index in [4.69, 9.17) is 15.2 Å². The monoisotopic (exact) mass is 501 g/mol. The minimum atomic E-state index is -1.16. The maximum atomic E-state index is 6.78. The molecule has 1 unspecified atom stereocenters. The lowest BCUT2D eigenvalue weighted by Crippen LogP contribution is -2.52. The summed E-state index contributed by atoms with van der Waals surface area (Å²) in [4.78, 5) is 15.3. The van der Waals surface area contributed by atoms with E-state index in [2.05, 4.69) is 44.3 Å². The summed E-state index contributed by atoms with van der Waals surface area (Å²) in [6.07, 6.45) is 6.75. The van der Waals surface area contributed by atoms with Crippen LogP contribution in [0.25, 0.3) is 5.57 Å². The number of aliphatic imine (C=N–C) groups is 1. The maximum Gasteiger partial charge on any atom is 0.210 e. The summed E-state index contributed by atoms with van der Waals surface area (Å²) >= 11 is 0. The summed E-state index contributed by atoms with van der Waals surface area (Å²) in [5.41, 5.74) is 10.2. The molecular formula is C28H35N7O2. The Balaban J connectivity index is 1.52. The molecule has 2 heterocycles. The highest BCUT2D eigenvalue weighted by Crippen LogP contribution is 2.27. The zero-order valence-corrected chi connectivity index (χ0v) is 21.6. The molecule has 1 aliphatic rings. The molecule has 2 aromatic carbocycles. The summed E-state index contributed by atoms with van der Waals surface area (Å²) < 4.78 is 11.4. The van der Waals surface area contributed by atoms with E-state index in [1.807, 2.05) is 48.5 Å². The number of allylic oxidation sites excluding steroid dienone is 1. The number of aromatic nitrogens is 2. The first-order valence-electron chi connectivity index (χ1n) is 12.5. The largest absolute Gasteiger partial charge is 0.496 e. The number of rotatable bonds is 12. The maximum absolute atomic E-state index is 6.78. The molecule has 0 fully saturated rings. The number of methoxy groups -OCH3 is 1. The summed E-state index contributed by atoms with van der Waals surface area (Å²) in [6.45, 7) is 8.37. The number of para-hydroxylation sites is 1. The van der Waals surface area contributed by atoms with Gasteiger partial charge in [0, 0.05) is 54.0 Å². The zero-order valence-electron chi connectivity index (χ0n) is 21.6. The van der Waals surface area contributed by atoms with Gasteiger partial charge in [0.05, 0.1) is 7.11 Å². The van der Waals surface area contributed by atoms with Crippen molar-refractivity contribution in [1.82, 2.24) is 25.5 Å². The van der Waals surface area contributed by atoms with E-state index in [0.29, 0.717) is 13.2 Å². The Bertz CT molecular complexity index is 1210. The van der Waals surface area contributed by atoms with Crippen molar-refractivity contribution in [2.45, 2.75) is 26.2 Å². The van der Waals surface area contributed by atoms with E-state index in [9.17, 15) is 0 Å². The molecule has 0 radical (unpaired) electrons. The van der Waals surface area contributed by atoms with Crippen molar-refractivity contribution in [3.05, 3.63) is 89.8 Å². The Kier molecular flexibility index (Phi) is 8.71. The van der Waals surface area contributed by atoms with Crippen LogP contribution in [-0.2, 0) is 12.3 Å². The highest BCUT2D eigenvalue weighted by Gasteiger charge is 2.31. The van der Waals surface area contributed by atoms with Crippen LogP contribution < -0.4 is 25.8 Å². The van der Waals surface area contributed by atoms with Crippen LogP contribution in [0, 0.1) is 0 Å². The highest BCUT2D eigenvalue weighted by atomic mass is 16.5. The minimum absolute atomic E-state index is 0.521. The van der Waals surface area contributed by atoms with Gasteiger partial charge in [-0.05, 0) is 43.4 Å². The Hall–Kier alpha value is -3.95. The first-order chi connectivity index (χ1) is 18.1. The second-order valence-corrected chi connectivity index (χ2v) is 8.63. The molecule has 0 bridgehead atoms. The fraction of sp³-hybridized carbons (Fsp3) is 0.321. The molecule has 37 heavy (non-hydrogen) atoms. The fourth-order valence-electron chi connectivity index (χ4n) is 4.13. The van der Waals surface area contributed by atoms with Crippen LogP contribution in [0.3, 0.4) is 0 Å². The SMILES string of the molecule is CCN(CC)CCOc1ccc(C2(N)N=CC(c3cncnc3)=C(NCc3ccccc3OC)N2)cc1. The summed E-state index contributed by atoms with van der Waals surface area (Å²) in [5, 5.41) is 6.88. The standard InChI is InChI=1S/C28H35N7O2/c1-4-35(5-2)14-15-37-24-12-10-23(11-13-24)28(29)33-19-25(22-16-30-20-31-17-22)27(34-28)32-18-21-8-6-7-9-26(21)36-3/h6-13,16-17,19-20,32,34H,4-5,14-15,18,29H2,1-3H3. The van der Waals surface area contributed by atoms with Gasteiger partial charge in [0.15, 0.2) is 0 Å². The van der Waals surface area contributed by atoms with E-state index in [1.165, 1.54) is 6.33 Å². The lowest BCUT2D eigenvalue weighted by Gasteiger charge is -2.34. The predicted molar refractivity (Wildman–Crippen MR) is 146 cm³/mol. The Morgan fingerprint density at radius 1 is 1.03 bits per heavy atom. The van der Waals surface area contributed by atoms with Crippen LogP contribution >= 0.6 is 0 Å². The van der Waals surface area contributed by atoms with E-state index < -0.39 is 5.79 Å². The molecule has 0 saturated carbocycles. The van der Waals surface area contributed by atoms with E-state index >= 15 is 0 Å². The van der Waals surface area contributed by atoms with Crippen LogP contribution in [0.5, 0.6) is 11.5 Å². The van der Waals surface area contributed by atoms with Gasteiger partial charge in [0.2, 0.25) is 5.79 Å². The molecular weight excluding hydrogens is 466 g/mol. The van der Waals surface area contributed by atoms with Crippen molar-refractivity contribution in [2.75, 3.05) is 33.4 Å². The molecule has 194 valence electrons. The molecule has 4 N–H and O–H groups in total. The third kappa shape index (κ3) is 6.44. The molecule has 1 aromatic heterocycles. The Morgan fingerprint density at radius 3 is 2.46 bits per heavy atom. The summed E-state index contributed by atoms with van der Waals surface area (Å²) in [5.74, 6) is 1.16. The quantitative estimate of drug-likeness (QED) is 0.347. The first kappa shape index (κ1) is 26.1. The third-order valence-electron chi connectivity index (χ3n) is 6.37. The number of nitrogens with one attached hydrogen (secondary N) is 2. The normalized spacial score (nSPS) is 17.0. The van der Waals surface area contributed by atoms with E-state index in [1.54, 1.807) is 25.7 Å². The van der Waals surface area contributed by atoms with Crippen molar-refractivity contribution in [3.8, 4) is 11.5 Å². The number of likely N-dealkylation sites (N-methyl/N-ethyl adjacent to an activating group) is 1. The molecule has 0 spiro atoms. The molecule has 4 rings (SSSR count). The second-order valence-electron chi connectivity index (χ2n) is 8.63. The van der Waals surface area contributed by atoms with Gasteiger partial charge in [0.25, 0.3) is 0 Å². The van der Waals surface area contributed by atoms with Gasteiger partial charge in [0.1, 0.15) is 30.3 Å². The predicted octanol–water partition coefficient (Wildman–Crippen LogP) is 3.11. The molecule has 1 atom stereocenters. The average molecular weight is 502 g/mol. The van der Waals surface area contributed by atoms with Gasteiger partial charge in [-0.1, -0.05) is 32.0 Å². The van der Waals surface area contributed by atoms with Crippen molar-refractivity contribution in [3.63, 3.8) is 0 Å². The zero-order chi connectivity index (χ0) is 26.1. The van der Waals surface area contributed by atoms with Gasteiger partial charge in [-0.3, -0.25) is 5.73 Å². The van der Waals surface area contributed by atoms with Crippen LogP contribution in [-0.4, -0.2) is 54.4 Å². The molecule has 0 amide bonds. The Labute approximate surface area is 218 Å². The lowest BCUT2D eigenvalue weighted by atomic mass is 10.0. The summed E-state index contributed by atoms with van der Waals surface area (Å²) in [6, 6.07) is 15.6. The van der Waals surface area contributed by atoms with Crippen molar-refractivity contribution < 1.29 is 9.47 Å². The lowest BCUT2D eigenvalue weighted by molar-refractivity contribution is 0.222. The number of hydrogen-bond acceptors (Lipinski definition) is 9. The van der Waals surface area contributed by atoms with Crippen molar-refractivity contribution in [1.29, 1.82) is 0 Å². The minimum Gasteiger partial charge on any atom is -0.496 e. The van der Waals surface area contributed by atoms with Crippen LogP contribution in [0.15, 0.2) is 78.1 Å². The van der Waals surface area contributed by atoms with E-state index in [-0.39, 0.29) is 0 Å². The molecule has 9 nitrogen and oxygen atoms in total. The fourth-order valence-corrected chi connectivity index (χ4v) is 4.13. The molecule has 0 saturated heterocycles. The van der Waals surface area contributed by atoms with Gasteiger partial charge < -0.3 is 25.0 Å². The molecule has 3 aromatic rings. The molecule has 1 aliphatic heterocycles. The van der Waals surface area contributed by atoms with Gasteiger partial charge >= 0.3 is 0 Å². The van der Waals surface area contributed by atoms with E-state index in [0.717, 1.165) is 59.2 Å². The second kappa shape index (κ2) is 12.3. The highest BCUT2D eigenvalue weighted by molar-refractivity contribution is 6.11. The van der Waals surface area contributed by atoms with Crippen LogP contribution in [0.1, 0.15) is 30.5 Å². The Morgan fingerprint density at radius 2 is 1.76 bits per heavy atom. The third-order valence-corrected chi connectivity index (χ3v) is 6.37. The number of nitrogens with two attached hydrogens (primary N) is 1. The van der Waals surface area contributed by atoms with Crippen LogP contribution in [0.2, 0.25) is 0 Å². The molecule has 0 aliphatic carbocycles. The molecule has 9 heteroatoms. The van der Waals surface area contributed by atoms with Crippen LogP contribution in [0.4, 0.5) is 0 Å². The average Bonchev–Trinajstić information content (AvgIpc) is 2.95. The van der Waals surface area contributed by atoms with Crippen molar-refractivity contribution >= 4 is 11.8 Å². The number of nitrogens with zero attached hydrogens (tertiary/aromatic N) is 4. The first-order valence-corrected chi connectivity index (χ1v) is 12.5. The van der Waals surface area contributed by atoms with Gasteiger partial charge in [-0.2, -0.15) is 0 Å². The number of ether oxygens (including phenoxy) is 2.